The van der Waals surface area contributed by atoms with Crippen molar-refractivity contribution in [3.8, 4) is 0 Å². The largest absolute Gasteiger partial charge is 0.257 e. The molecule has 0 aromatic carbocycles. The quantitative estimate of drug-likeness (QED) is 0.0623. The van der Waals surface area contributed by atoms with Gasteiger partial charge in [0.2, 0.25) is 0 Å². The Morgan fingerprint density at radius 2 is 0.786 bits per heavy atom. The number of aromatic amines is 1. The molecule has 0 aliphatic rings. The van der Waals surface area contributed by atoms with Gasteiger partial charge in [0.05, 0.1) is 12.0 Å². The van der Waals surface area contributed by atoms with Crippen LogP contribution in [0, 0.1) is 0 Å². The molecule has 248 valence electrons. The van der Waals surface area contributed by atoms with Crippen LogP contribution in [0.5, 0.6) is 0 Å². The molecule has 1 heterocycles. The first-order valence-corrected chi connectivity index (χ1v) is 19.8. The maximum Gasteiger partial charge on any atom is 0.257 e. The van der Waals surface area contributed by atoms with E-state index in [4.69, 9.17) is 0 Å². The molecule has 1 rings (SSSR count). The van der Waals surface area contributed by atoms with E-state index in [0.29, 0.717) is 12.0 Å². The molecule has 1 N–H and O–H groups in total. The second kappa shape index (κ2) is 30.2. The molecule has 42 heavy (non-hydrogen) atoms. The molecule has 1 aromatic rings. The van der Waals surface area contributed by atoms with Gasteiger partial charge in [-0.05, 0) is 32.6 Å². The molecule has 0 radical (unpaired) electrons. The first kappa shape index (κ1) is 39.2. The number of aromatic nitrogens is 2. The van der Waals surface area contributed by atoms with Crippen LogP contribution in [0.3, 0.4) is 0 Å². The van der Waals surface area contributed by atoms with Gasteiger partial charge in [-0.15, -0.1) is 0 Å². The van der Waals surface area contributed by atoms with Gasteiger partial charge in [0.25, 0.3) is 5.82 Å². The highest BCUT2D eigenvalue weighted by Gasteiger charge is 2.25. The second-order valence-electron chi connectivity index (χ2n) is 14.0. The third kappa shape index (κ3) is 21.8. The minimum Gasteiger partial charge on any atom is -0.247 e. The van der Waals surface area contributed by atoms with Crippen LogP contribution in [0.4, 0.5) is 0 Å². The molecule has 0 saturated heterocycles. The number of nitrogens with zero attached hydrogens (tertiary/aromatic N) is 1. The molecule has 2 unspecified atom stereocenters. The number of unbranched alkanes of at least 4 members (excludes halogenated alkanes) is 25. The lowest BCUT2D eigenvalue weighted by atomic mass is 9.93. The van der Waals surface area contributed by atoms with Crippen LogP contribution < -0.4 is 4.57 Å². The lowest BCUT2D eigenvalue weighted by molar-refractivity contribution is -0.727. The molecule has 1 aromatic heterocycles. The third-order valence-corrected chi connectivity index (χ3v) is 9.89. The van der Waals surface area contributed by atoms with E-state index in [1.54, 1.807) is 0 Å². The average Bonchev–Trinajstić information content (AvgIpc) is 3.49. The van der Waals surface area contributed by atoms with Gasteiger partial charge in [-0.2, -0.15) is 0 Å². The Morgan fingerprint density at radius 1 is 0.452 bits per heavy atom. The van der Waals surface area contributed by atoms with Gasteiger partial charge in [0.15, 0.2) is 0 Å². The summed E-state index contributed by atoms with van der Waals surface area (Å²) in [5.41, 5.74) is 0. The zero-order valence-corrected chi connectivity index (χ0v) is 29.7. The molecule has 0 saturated carbocycles. The van der Waals surface area contributed by atoms with Crippen molar-refractivity contribution in [3.05, 3.63) is 18.2 Å². The van der Waals surface area contributed by atoms with E-state index < -0.39 is 0 Å². The van der Waals surface area contributed by atoms with Gasteiger partial charge in [0, 0.05) is 0 Å². The molecule has 2 atom stereocenters. The minimum atomic E-state index is 0.620. The molecule has 0 amide bonds. The highest BCUT2D eigenvalue weighted by molar-refractivity contribution is 4.90. The number of hydrogen-bond donors (Lipinski definition) is 1. The molecule has 0 spiro atoms. The second-order valence-corrected chi connectivity index (χ2v) is 14.0. The van der Waals surface area contributed by atoms with Gasteiger partial charge in [-0.25, -0.2) is 9.55 Å². The highest BCUT2D eigenvalue weighted by atomic mass is 15.1. The Labute approximate surface area is 266 Å². The number of rotatable bonds is 33. The standard InChI is InChI=1S/C40H78N2/c1-5-8-11-13-15-17-19-20-21-22-24-26-28-30-32-35-39(34-10-7-3)40-41-36-37-42(40)38(4)33-31-29-27-25-23-18-16-14-12-9-6-2/h36-39H,5-35H2,1-4H3/p+1. The molecule has 0 fully saturated rings. The number of nitrogens with one attached hydrogen (secondary N) is 1. The summed E-state index contributed by atoms with van der Waals surface area (Å²) in [6, 6.07) is 0.620. The number of H-pyrrole nitrogens is 1. The van der Waals surface area contributed by atoms with Crippen molar-refractivity contribution in [1.82, 2.24) is 4.98 Å². The van der Waals surface area contributed by atoms with Crippen molar-refractivity contribution in [2.24, 2.45) is 0 Å². The Bertz CT molecular complexity index is 650. The Morgan fingerprint density at radius 3 is 1.19 bits per heavy atom. The average molecular weight is 588 g/mol. The fourth-order valence-electron chi connectivity index (χ4n) is 6.94. The van der Waals surface area contributed by atoms with E-state index in [2.05, 4.69) is 49.6 Å². The van der Waals surface area contributed by atoms with Crippen molar-refractivity contribution in [2.45, 2.75) is 239 Å². The summed E-state index contributed by atoms with van der Waals surface area (Å²) in [7, 11) is 0. The van der Waals surface area contributed by atoms with Crippen molar-refractivity contribution in [2.75, 3.05) is 0 Å². The lowest BCUT2D eigenvalue weighted by Crippen LogP contribution is -2.41. The molecule has 0 aliphatic carbocycles. The zero-order chi connectivity index (χ0) is 30.4. The topological polar surface area (TPSA) is 19.7 Å². The molecule has 0 aliphatic heterocycles. The summed E-state index contributed by atoms with van der Waals surface area (Å²) in [4.78, 5) is 3.70. The predicted octanol–water partition coefficient (Wildman–Crippen LogP) is 14.1. The highest BCUT2D eigenvalue weighted by Crippen LogP contribution is 2.27. The molecule has 0 bridgehead atoms. The van der Waals surface area contributed by atoms with Crippen LogP contribution in [0.1, 0.15) is 245 Å². The van der Waals surface area contributed by atoms with Crippen molar-refractivity contribution in [3.63, 3.8) is 0 Å². The van der Waals surface area contributed by atoms with Gasteiger partial charge >= 0.3 is 0 Å². The first-order valence-electron chi connectivity index (χ1n) is 19.8. The van der Waals surface area contributed by atoms with Crippen LogP contribution in [0.25, 0.3) is 0 Å². The van der Waals surface area contributed by atoms with E-state index in [0.717, 1.165) is 0 Å². The van der Waals surface area contributed by atoms with Crippen LogP contribution >= 0.6 is 0 Å². The van der Waals surface area contributed by atoms with E-state index >= 15 is 0 Å². The van der Waals surface area contributed by atoms with Crippen LogP contribution in [-0.2, 0) is 0 Å². The minimum absolute atomic E-state index is 0.620. The van der Waals surface area contributed by atoms with E-state index in [1.807, 2.05) is 0 Å². The SMILES string of the molecule is CCCCCCCCCCCCCCCCCC(CCCC)c1[nH]cc[n+]1C(C)CCCCCCCCCCCCC. The summed E-state index contributed by atoms with van der Waals surface area (Å²) >= 11 is 0. The number of imidazole rings is 1. The maximum atomic E-state index is 3.70. The molecular weight excluding hydrogens is 508 g/mol. The normalized spacial score (nSPS) is 13.1. The van der Waals surface area contributed by atoms with E-state index in [-0.39, 0.29) is 0 Å². The lowest BCUT2D eigenvalue weighted by Gasteiger charge is -2.17. The zero-order valence-electron chi connectivity index (χ0n) is 29.7. The van der Waals surface area contributed by atoms with E-state index in [9.17, 15) is 0 Å². The van der Waals surface area contributed by atoms with Crippen LogP contribution in [0.15, 0.2) is 12.4 Å². The summed E-state index contributed by atoms with van der Waals surface area (Å²) in [5.74, 6) is 2.23. The van der Waals surface area contributed by atoms with Gasteiger partial charge in [-0.3, -0.25) is 0 Å². The Hall–Kier alpha value is -0.790. The predicted molar refractivity (Wildman–Crippen MR) is 189 cm³/mol. The smallest absolute Gasteiger partial charge is 0.247 e. The first-order chi connectivity index (χ1) is 20.7. The fraction of sp³-hybridized carbons (Fsp3) is 0.925. The molecule has 2 heteroatoms. The Balaban J connectivity index is 2.18. The van der Waals surface area contributed by atoms with Gasteiger partial charge in [-0.1, -0.05) is 194 Å². The summed E-state index contributed by atoms with van der Waals surface area (Å²) in [6.07, 6.45) is 48.7. The number of hydrogen-bond acceptors (Lipinski definition) is 0. The summed E-state index contributed by atoms with van der Waals surface area (Å²) in [5, 5.41) is 0. The Kier molecular flexibility index (Phi) is 28.3. The maximum absolute atomic E-state index is 3.70. The van der Waals surface area contributed by atoms with Gasteiger partial charge < -0.3 is 0 Å². The monoisotopic (exact) mass is 588 g/mol. The van der Waals surface area contributed by atoms with E-state index in [1.165, 1.54) is 205 Å². The van der Waals surface area contributed by atoms with Crippen molar-refractivity contribution in [1.29, 1.82) is 0 Å². The van der Waals surface area contributed by atoms with Crippen molar-refractivity contribution < 1.29 is 4.57 Å². The molecule has 2 nitrogen and oxygen atoms in total. The van der Waals surface area contributed by atoms with Crippen LogP contribution in [-0.4, -0.2) is 4.98 Å². The summed E-state index contributed by atoms with van der Waals surface area (Å²) < 4.78 is 2.61. The van der Waals surface area contributed by atoms with Crippen LogP contribution in [0.2, 0.25) is 0 Å². The van der Waals surface area contributed by atoms with Crippen molar-refractivity contribution >= 4 is 0 Å². The third-order valence-electron chi connectivity index (χ3n) is 9.89. The summed E-state index contributed by atoms with van der Waals surface area (Å²) in [6.45, 7) is 9.42. The molecular formula is C40H79N2+. The fourth-order valence-corrected chi connectivity index (χ4v) is 6.94. The van der Waals surface area contributed by atoms with Gasteiger partial charge in [0.1, 0.15) is 12.4 Å².